The monoisotopic (exact) mass is 447 g/mol. The van der Waals surface area contributed by atoms with E-state index in [2.05, 4.69) is 25.0 Å². The van der Waals surface area contributed by atoms with E-state index in [4.69, 9.17) is 23.7 Å². The van der Waals surface area contributed by atoms with E-state index in [0.717, 1.165) is 6.04 Å². The molecule has 1 saturated heterocycles. The van der Waals surface area contributed by atoms with Crippen molar-refractivity contribution in [3.63, 3.8) is 0 Å². The van der Waals surface area contributed by atoms with Crippen molar-refractivity contribution < 1.29 is 42.9 Å². The van der Waals surface area contributed by atoms with Gasteiger partial charge in [-0.2, -0.15) is 0 Å². The van der Waals surface area contributed by atoms with Crippen molar-refractivity contribution in [3.8, 4) is 0 Å². The second-order valence-electron chi connectivity index (χ2n) is 8.40. The fraction of sp³-hybridized carbons (Fsp3) is 0.789. The Labute approximate surface area is 177 Å². The standard InChI is InChI=1S/C19H33NO9Si/c1-11(21)20-16-18(28-14(4)24)17(27-13(3)23)15(10-26-12(2)22)29-19(16)25-8-9-30(5,6)7/h15-19H,8-10H2,1-7H3,(H,20,21)/t15-,16-,17+,18-,19-/m1/s1. The van der Waals surface area contributed by atoms with Gasteiger partial charge in [-0.15, -0.1) is 0 Å². The highest BCUT2D eigenvalue weighted by molar-refractivity contribution is 6.76. The summed E-state index contributed by atoms with van der Waals surface area (Å²) in [6.45, 7) is 11.6. The van der Waals surface area contributed by atoms with Gasteiger partial charge >= 0.3 is 17.9 Å². The van der Waals surface area contributed by atoms with Crippen molar-refractivity contribution in [2.75, 3.05) is 13.2 Å². The molecule has 0 spiro atoms. The van der Waals surface area contributed by atoms with Gasteiger partial charge in [0.1, 0.15) is 18.8 Å². The second kappa shape index (κ2) is 11.4. The maximum atomic E-state index is 11.8. The summed E-state index contributed by atoms with van der Waals surface area (Å²) in [6, 6.07) is -0.0918. The minimum atomic E-state index is -1.41. The lowest BCUT2D eigenvalue weighted by Crippen LogP contribution is -2.66. The van der Waals surface area contributed by atoms with Crippen LogP contribution < -0.4 is 5.32 Å². The second-order valence-corrected chi connectivity index (χ2v) is 14.0. The first kappa shape index (κ1) is 26.1. The molecule has 30 heavy (non-hydrogen) atoms. The van der Waals surface area contributed by atoms with Gasteiger partial charge in [0.05, 0.1) is 0 Å². The summed E-state index contributed by atoms with van der Waals surface area (Å²) in [7, 11) is -1.41. The Hall–Kier alpha value is -1.98. The highest BCUT2D eigenvalue weighted by Crippen LogP contribution is 2.28. The maximum absolute atomic E-state index is 11.8. The third-order valence-electron chi connectivity index (χ3n) is 4.21. The highest BCUT2D eigenvalue weighted by atomic mass is 28.3. The number of rotatable bonds is 9. The van der Waals surface area contributed by atoms with Gasteiger partial charge in [0.2, 0.25) is 5.91 Å². The van der Waals surface area contributed by atoms with Gasteiger partial charge in [-0.25, -0.2) is 0 Å². The lowest BCUT2D eigenvalue weighted by molar-refractivity contribution is -0.276. The minimum Gasteiger partial charge on any atom is -0.463 e. The van der Waals surface area contributed by atoms with Crippen LogP contribution in [0.5, 0.6) is 0 Å². The molecular formula is C19H33NO9Si. The number of carbonyl (C=O) groups excluding carboxylic acids is 4. The zero-order valence-electron chi connectivity index (χ0n) is 18.7. The van der Waals surface area contributed by atoms with Crippen molar-refractivity contribution in [2.45, 2.75) is 84.0 Å². The number of amides is 1. The molecule has 0 unspecified atom stereocenters. The number of hydrogen-bond donors (Lipinski definition) is 1. The van der Waals surface area contributed by atoms with Crippen LogP contribution >= 0.6 is 0 Å². The first-order valence-electron chi connectivity index (χ1n) is 9.82. The highest BCUT2D eigenvalue weighted by Gasteiger charge is 2.51. The van der Waals surface area contributed by atoms with Crippen LogP contribution in [0.3, 0.4) is 0 Å². The van der Waals surface area contributed by atoms with Gasteiger partial charge in [-0.3, -0.25) is 19.2 Å². The van der Waals surface area contributed by atoms with E-state index in [1.54, 1.807) is 0 Å². The Balaban J connectivity index is 3.22. The summed E-state index contributed by atoms with van der Waals surface area (Å²) in [6.07, 6.45) is -4.16. The van der Waals surface area contributed by atoms with Crippen molar-refractivity contribution >= 4 is 31.9 Å². The summed E-state index contributed by atoms with van der Waals surface area (Å²) in [5.74, 6) is -2.24. The molecule has 11 heteroatoms. The van der Waals surface area contributed by atoms with Crippen molar-refractivity contribution in [3.05, 3.63) is 0 Å². The van der Waals surface area contributed by atoms with Crippen molar-refractivity contribution in [1.29, 1.82) is 0 Å². The van der Waals surface area contributed by atoms with E-state index in [1.807, 2.05) is 0 Å². The molecule has 1 amide bonds. The zero-order chi connectivity index (χ0) is 23.1. The Morgan fingerprint density at radius 2 is 1.47 bits per heavy atom. The molecule has 1 fully saturated rings. The Morgan fingerprint density at radius 3 is 1.93 bits per heavy atom. The number of ether oxygens (including phenoxy) is 5. The molecule has 1 aliphatic rings. The average molecular weight is 448 g/mol. The number of carbonyl (C=O) groups is 4. The summed E-state index contributed by atoms with van der Waals surface area (Å²) in [5, 5.41) is 2.67. The van der Waals surface area contributed by atoms with E-state index in [1.165, 1.54) is 27.7 Å². The molecule has 10 nitrogen and oxygen atoms in total. The molecule has 0 aliphatic carbocycles. The molecule has 1 aliphatic heterocycles. The van der Waals surface area contributed by atoms with E-state index in [9.17, 15) is 19.2 Å². The number of nitrogens with one attached hydrogen (secondary N) is 1. The smallest absolute Gasteiger partial charge is 0.303 e. The Morgan fingerprint density at radius 1 is 0.900 bits per heavy atom. The van der Waals surface area contributed by atoms with E-state index in [-0.39, 0.29) is 6.61 Å². The number of hydrogen-bond acceptors (Lipinski definition) is 9. The molecule has 0 bridgehead atoms. The van der Waals surface area contributed by atoms with Gasteiger partial charge in [-0.05, 0) is 6.04 Å². The summed E-state index contributed by atoms with van der Waals surface area (Å²) >= 11 is 0. The third kappa shape index (κ3) is 9.22. The zero-order valence-corrected chi connectivity index (χ0v) is 19.7. The fourth-order valence-electron chi connectivity index (χ4n) is 2.91. The summed E-state index contributed by atoms with van der Waals surface area (Å²) < 4.78 is 27.6. The predicted octanol–water partition coefficient (Wildman–Crippen LogP) is 0.997. The Bertz CT molecular complexity index is 634. The molecule has 0 aromatic carbocycles. The largest absolute Gasteiger partial charge is 0.463 e. The lowest BCUT2D eigenvalue weighted by atomic mass is 9.96. The summed E-state index contributed by atoms with van der Waals surface area (Å²) in [4.78, 5) is 46.6. The molecule has 5 atom stereocenters. The molecule has 0 aromatic heterocycles. The van der Waals surface area contributed by atoms with Gasteiger partial charge in [0.25, 0.3) is 0 Å². The van der Waals surface area contributed by atoms with Crippen LogP contribution in [0.2, 0.25) is 25.7 Å². The fourth-order valence-corrected chi connectivity index (χ4v) is 3.64. The van der Waals surface area contributed by atoms with Gasteiger partial charge < -0.3 is 29.0 Å². The Kier molecular flexibility index (Phi) is 9.92. The third-order valence-corrected chi connectivity index (χ3v) is 5.91. The van der Waals surface area contributed by atoms with E-state index in [0.29, 0.717) is 6.61 Å². The molecule has 172 valence electrons. The van der Waals surface area contributed by atoms with Crippen LogP contribution in [0.4, 0.5) is 0 Å². The average Bonchev–Trinajstić information content (AvgIpc) is 2.55. The molecule has 1 rings (SSSR count). The molecule has 0 radical (unpaired) electrons. The molecule has 0 aromatic rings. The topological polar surface area (TPSA) is 126 Å². The molecule has 0 saturated carbocycles. The van der Waals surface area contributed by atoms with Gasteiger partial charge in [-0.1, -0.05) is 19.6 Å². The molecular weight excluding hydrogens is 414 g/mol. The number of esters is 3. The van der Waals surface area contributed by atoms with Crippen LogP contribution in [0.15, 0.2) is 0 Å². The first-order valence-corrected chi connectivity index (χ1v) is 13.5. The van der Waals surface area contributed by atoms with Crippen LogP contribution in [0.25, 0.3) is 0 Å². The van der Waals surface area contributed by atoms with Crippen LogP contribution in [-0.4, -0.2) is 75.7 Å². The molecule has 1 heterocycles. The normalized spacial score (nSPS) is 26.4. The molecule has 1 N–H and O–H groups in total. The minimum absolute atomic E-state index is 0.244. The first-order chi connectivity index (χ1) is 13.8. The SMILES string of the molecule is CC(=O)N[C@H]1[C@H](OCC[Si](C)(C)C)O[C@H](COC(C)=O)[C@H](OC(C)=O)[C@@H]1OC(C)=O. The van der Waals surface area contributed by atoms with Crippen LogP contribution in [-0.2, 0) is 42.9 Å². The van der Waals surface area contributed by atoms with Crippen molar-refractivity contribution in [1.82, 2.24) is 5.32 Å². The quantitative estimate of drug-likeness (QED) is 0.313. The van der Waals surface area contributed by atoms with E-state index < -0.39 is 62.5 Å². The van der Waals surface area contributed by atoms with Gasteiger partial charge in [0.15, 0.2) is 18.5 Å². The summed E-state index contributed by atoms with van der Waals surface area (Å²) in [5.41, 5.74) is 0. The maximum Gasteiger partial charge on any atom is 0.303 e. The predicted molar refractivity (Wildman–Crippen MR) is 108 cm³/mol. The van der Waals surface area contributed by atoms with Gasteiger partial charge in [0, 0.05) is 42.4 Å². The van der Waals surface area contributed by atoms with Crippen LogP contribution in [0, 0.1) is 0 Å². The van der Waals surface area contributed by atoms with Crippen LogP contribution in [0.1, 0.15) is 27.7 Å². The van der Waals surface area contributed by atoms with Crippen molar-refractivity contribution in [2.24, 2.45) is 0 Å². The van der Waals surface area contributed by atoms with E-state index >= 15 is 0 Å². The lowest BCUT2D eigenvalue weighted by Gasteiger charge is -2.45.